The average molecular weight is 306 g/mol. The van der Waals surface area contributed by atoms with Gasteiger partial charge in [-0.1, -0.05) is 37.6 Å². The third-order valence-electron chi connectivity index (χ3n) is 2.83. The average Bonchev–Trinajstić information content (AvgIpc) is 2.48. The second-order valence-electron chi connectivity index (χ2n) is 4.72. The maximum absolute atomic E-state index is 6.11. The molecule has 0 aliphatic rings. The van der Waals surface area contributed by atoms with Crippen molar-refractivity contribution < 1.29 is 4.74 Å². The second-order valence-corrected chi connectivity index (χ2v) is 5.12. The van der Waals surface area contributed by atoms with Crippen LogP contribution in [0.4, 0.5) is 5.82 Å². The molecule has 112 valence electrons. The van der Waals surface area contributed by atoms with Crippen LogP contribution in [0.15, 0.2) is 30.3 Å². The van der Waals surface area contributed by atoms with Gasteiger partial charge in [0.25, 0.3) is 0 Å². The molecule has 0 aliphatic carbocycles. The Balaban J connectivity index is 2.24. The first kappa shape index (κ1) is 15.6. The monoisotopic (exact) mass is 305 g/mol. The van der Waals surface area contributed by atoms with Crippen LogP contribution in [-0.2, 0) is 6.42 Å². The molecule has 0 saturated carbocycles. The molecule has 0 spiro atoms. The highest BCUT2D eigenvalue weighted by atomic mass is 35.5. The van der Waals surface area contributed by atoms with Gasteiger partial charge in [-0.05, 0) is 25.0 Å². The van der Waals surface area contributed by atoms with Gasteiger partial charge in [0.2, 0.25) is 5.88 Å². The molecule has 1 aromatic heterocycles. The van der Waals surface area contributed by atoms with Crippen molar-refractivity contribution in [1.29, 1.82) is 0 Å². The fraction of sp³-hybridized carbons (Fsp3) is 0.375. The first-order valence-corrected chi connectivity index (χ1v) is 7.65. The van der Waals surface area contributed by atoms with Crippen molar-refractivity contribution in [3.05, 3.63) is 41.2 Å². The lowest BCUT2D eigenvalue weighted by Gasteiger charge is -2.11. The van der Waals surface area contributed by atoms with Crippen molar-refractivity contribution in [3.8, 4) is 11.6 Å². The highest BCUT2D eigenvalue weighted by molar-refractivity contribution is 6.32. The normalized spacial score (nSPS) is 10.4. The number of benzene rings is 1. The second kappa shape index (κ2) is 7.84. The number of rotatable bonds is 7. The number of ether oxygens (including phenoxy) is 1. The van der Waals surface area contributed by atoms with Crippen LogP contribution < -0.4 is 10.1 Å². The number of hydrogen-bond donors (Lipinski definition) is 1. The van der Waals surface area contributed by atoms with E-state index in [0.29, 0.717) is 16.7 Å². The van der Waals surface area contributed by atoms with E-state index in [0.717, 1.165) is 37.4 Å². The summed E-state index contributed by atoms with van der Waals surface area (Å²) in [5.41, 5.74) is 0. The van der Waals surface area contributed by atoms with E-state index < -0.39 is 0 Å². The lowest BCUT2D eigenvalue weighted by Crippen LogP contribution is -2.06. The summed E-state index contributed by atoms with van der Waals surface area (Å²) in [5, 5.41) is 3.84. The smallest absolute Gasteiger partial charge is 0.224 e. The molecule has 4 nitrogen and oxygen atoms in total. The number of nitrogens with zero attached hydrogens (tertiary/aromatic N) is 2. The Hall–Kier alpha value is -1.81. The van der Waals surface area contributed by atoms with Gasteiger partial charge in [-0.3, -0.25) is 0 Å². The number of aryl methyl sites for hydroxylation is 1. The molecule has 2 aromatic rings. The molecular formula is C16H20ClN3O. The first-order chi connectivity index (χ1) is 10.2. The Kier molecular flexibility index (Phi) is 5.81. The summed E-state index contributed by atoms with van der Waals surface area (Å²) < 4.78 is 5.79. The van der Waals surface area contributed by atoms with Crippen LogP contribution in [0.25, 0.3) is 0 Å². The topological polar surface area (TPSA) is 47.0 Å². The van der Waals surface area contributed by atoms with Crippen molar-refractivity contribution in [2.24, 2.45) is 0 Å². The van der Waals surface area contributed by atoms with Gasteiger partial charge in [0.1, 0.15) is 17.4 Å². The minimum Gasteiger partial charge on any atom is -0.437 e. The Bertz CT molecular complexity index is 589. The molecule has 2 rings (SSSR count). The SMILES string of the molecule is CCCNc1cc(Oc2ccccc2Cl)nc(CCC)n1. The first-order valence-electron chi connectivity index (χ1n) is 7.27. The number of halogens is 1. The Morgan fingerprint density at radius 1 is 1.14 bits per heavy atom. The van der Waals surface area contributed by atoms with Gasteiger partial charge in [-0.2, -0.15) is 4.98 Å². The zero-order chi connectivity index (χ0) is 15.1. The number of anilines is 1. The minimum atomic E-state index is 0.514. The molecule has 0 unspecified atom stereocenters. The Morgan fingerprint density at radius 2 is 1.95 bits per heavy atom. The highest BCUT2D eigenvalue weighted by Crippen LogP contribution is 2.28. The molecule has 0 bridgehead atoms. The van der Waals surface area contributed by atoms with Crippen LogP contribution in [-0.4, -0.2) is 16.5 Å². The molecule has 1 aromatic carbocycles. The van der Waals surface area contributed by atoms with Gasteiger partial charge in [0, 0.05) is 19.0 Å². The van der Waals surface area contributed by atoms with Gasteiger partial charge < -0.3 is 10.1 Å². The molecule has 0 radical (unpaired) electrons. The molecular weight excluding hydrogens is 286 g/mol. The van der Waals surface area contributed by atoms with E-state index in [-0.39, 0.29) is 0 Å². The summed E-state index contributed by atoms with van der Waals surface area (Å²) in [7, 11) is 0. The number of para-hydroxylation sites is 1. The minimum absolute atomic E-state index is 0.514. The van der Waals surface area contributed by atoms with Crippen molar-refractivity contribution in [3.63, 3.8) is 0 Å². The maximum atomic E-state index is 6.11. The highest BCUT2D eigenvalue weighted by Gasteiger charge is 2.08. The van der Waals surface area contributed by atoms with Crippen molar-refractivity contribution >= 4 is 17.4 Å². The number of aromatic nitrogens is 2. The van der Waals surface area contributed by atoms with E-state index in [1.165, 1.54) is 0 Å². The molecule has 0 aliphatic heterocycles. The third kappa shape index (κ3) is 4.60. The quantitative estimate of drug-likeness (QED) is 0.805. The summed E-state index contributed by atoms with van der Waals surface area (Å²) in [5.74, 6) is 2.68. The predicted molar refractivity (Wildman–Crippen MR) is 86.3 cm³/mol. The van der Waals surface area contributed by atoms with Crippen LogP contribution in [0.5, 0.6) is 11.6 Å². The summed E-state index contributed by atoms with van der Waals surface area (Å²) in [6.07, 6.45) is 2.84. The van der Waals surface area contributed by atoms with Crippen LogP contribution in [0, 0.1) is 0 Å². The number of nitrogens with one attached hydrogen (secondary N) is 1. The number of hydrogen-bond acceptors (Lipinski definition) is 4. The summed E-state index contributed by atoms with van der Waals surface area (Å²) >= 11 is 6.11. The van der Waals surface area contributed by atoms with Gasteiger partial charge >= 0.3 is 0 Å². The molecule has 0 fully saturated rings. The molecule has 21 heavy (non-hydrogen) atoms. The van der Waals surface area contributed by atoms with Crippen molar-refractivity contribution in [2.75, 3.05) is 11.9 Å². The molecule has 1 heterocycles. The van der Waals surface area contributed by atoms with E-state index in [9.17, 15) is 0 Å². The summed E-state index contributed by atoms with van der Waals surface area (Å²) in [6, 6.07) is 9.17. The molecule has 5 heteroatoms. The molecule has 1 N–H and O–H groups in total. The van der Waals surface area contributed by atoms with E-state index in [4.69, 9.17) is 16.3 Å². The fourth-order valence-electron chi connectivity index (χ4n) is 1.84. The van der Waals surface area contributed by atoms with E-state index in [1.807, 2.05) is 18.2 Å². The third-order valence-corrected chi connectivity index (χ3v) is 3.14. The van der Waals surface area contributed by atoms with E-state index in [1.54, 1.807) is 12.1 Å². The largest absolute Gasteiger partial charge is 0.437 e. The van der Waals surface area contributed by atoms with E-state index >= 15 is 0 Å². The van der Waals surface area contributed by atoms with Crippen LogP contribution in [0.3, 0.4) is 0 Å². The lowest BCUT2D eigenvalue weighted by molar-refractivity contribution is 0.459. The Labute approximate surface area is 130 Å². The van der Waals surface area contributed by atoms with Gasteiger partial charge in [0.15, 0.2) is 0 Å². The van der Waals surface area contributed by atoms with E-state index in [2.05, 4.69) is 29.1 Å². The maximum Gasteiger partial charge on any atom is 0.224 e. The van der Waals surface area contributed by atoms with Crippen molar-refractivity contribution in [1.82, 2.24) is 9.97 Å². The fourth-order valence-corrected chi connectivity index (χ4v) is 2.02. The van der Waals surface area contributed by atoms with Gasteiger partial charge in [0.05, 0.1) is 5.02 Å². The van der Waals surface area contributed by atoms with Crippen LogP contribution >= 0.6 is 11.6 Å². The van der Waals surface area contributed by atoms with Gasteiger partial charge in [-0.25, -0.2) is 4.98 Å². The Morgan fingerprint density at radius 3 is 2.67 bits per heavy atom. The molecule has 0 saturated heterocycles. The molecule has 0 atom stereocenters. The predicted octanol–water partition coefficient (Wildman–Crippen LogP) is 4.70. The van der Waals surface area contributed by atoms with Crippen LogP contribution in [0.2, 0.25) is 5.02 Å². The standard InChI is InChI=1S/C16H20ClN3O/c1-3-7-14-19-15(18-10-4-2)11-16(20-14)21-13-9-6-5-8-12(13)17/h5-6,8-9,11H,3-4,7,10H2,1-2H3,(H,18,19,20). The molecule has 0 amide bonds. The summed E-state index contributed by atoms with van der Waals surface area (Å²) in [4.78, 5) is 8.93. The summed E-state index contributed by atoms with van der Waals surface area (Å²) in [6.45, 7) is 5.08. The zero-order valence-corrected chi connectivity index (χ0v) is 13.2. The van der Waals surface area contributed by atoms with Crippen LogP contribution in [0.1, 0.15) is 32.5 Å². The lowest BCUT2D eigenvalue weighted by atomic mass is 10.3. The van der Waals surface area contributed by atoms with Crippen molar-refractivity contribution in [2.45, 2.75) is 33.1 Å². The van der Waals surface area contributed by atoms with Gasteiger partial charge in [-0.15, -0.1) is 0 Å². The zero-order valence-electron chi connectivity index (χ0n) is 12.4.